The van der Waals surface area contributed by atoms with E-state index in [1.165, 1.54) is 0 Å². The van der Waals surface area contributed by atoms with E-state index in [-0.39, 0.29) is 12.2 Å². The summed E-state index contributed by atoms with van der Waals surface area (Å²) in [5, 5.41) is 11.5. The van der Waals surface area contributed by atoms with Gasteiger partial charge in [-0.25, -0.2) is 13.7 Å². The van der Waals surface area contributed by atoms with Crippen LogP contribution in [0.5, 0.6) is 0 Å². The Morgan fingerprint density at radius 3 is 2.60 bits per heavy atom. The molecule has 2 aromatic carbocycles. The van der Waals surface area contributed by atoms with Crippen molar-refractivity contribution in [1.82, 2.24) is 5.01 Å². The molecule has 1 saturated heterocycles. The van der Waals surface area contributed by atoms with Gasteiger partial charge in [-0.2, -0.15) is 5.11 Å². The van der Waals surface area contributed by atoms with Gasteiger partial charge >= 0.3 is 0 Å². The number of carbonyl (C=O) groups is 3. The Balaban J connectivity index is 1.50. The Hall–Kier alpha value is -3.69. The van der Waals surface area contributed by atoms with Gasteiger partial charge in [-0.05, 0) is 30.2 Å². The van der Waals surface area contributed by atoms with Crippen LogP contribution in [0.2, 0.25) is 0 Å². The minimum absolute atomic E-state index is 0.102. The molecular weight excluding hydrogens is 396 g/mol. The van der Waals surface area contributed by atoms with Gasteiger partial charge in [0.1, 0.15) is 6.54 Å². The summed E-state index contributed by atoms with van der Waals surface area (Å²) in [4.78, 5) is 38.7. The highest BCUT2D eigenvalue weighted by Gasteiger charge is 2.55. The number of hydrogen-bond acceptors (Lipinski definition) is 6. The number of fused-ring (bicyclic) bond motifs is 1. The van der Waals surface area contributed by atoms with Gasteiger partial charge in [0.2, 0.25) is 5.91 Å². The minimum atomic E-state index is -1.18. The summed E-state index contributed by atoms with van der Waals surface area (Å²) in [6.07, 6.45) is 0.723. The summed E-state index contributed by atoms with van der Waals surface area (Å²) >= 11 is 0. The lowest BCUT2D eigenvalue weighted by atomic mass is 10.1. The Labute approximate surface area is 170 Å². The summed E-state index contributed by atoms with van der Waals surface area (Å²) < 4.78 is 26.8. The molecule has 1 fully saturated rings. The molecule has 0 radical (unpaired) electrons. The zero-order valence-electron chi connectivity index (χ0n) is 15.9. The number of halogens is 2. The third-order valence-corrected chi connectivity index (χ3v) is 5.00. The number of amides is 3. The molecule has 2 atom stereocenters. The van der Waals surface area contributed by atoms with Crippen LogP contribution in [0.15, 0.2) is 52.8 Å². The first-order valence-electron chi connectivity index (χ1n) is 9.28. The Morgan fingerprint density at radius 2 is 1.87 bits per heavy atom. The second-order valence-electron chi connectivity index (χ2n) is 6.86. The van der Waals surface area contributed by atoms with Crippen molar-refractivity contribution in [2.24, 2.45) is 10.3 Å². The van der Waals surface area contributed by atoms with E-state index in [0.717, 1.165) is 40.1 Å². The smallest absolute Gasteiger partial charge is 0.263 e. The third kappa shape index (κ3) is 3.30. The number of hydrogen-bond donors (Lipinski definition) is 1. The standard InChI is InChI=1S/C20H17F2N5O3/c1-2-11-5-3-4-6-15(11)23-16(28)10-26-18-17(24-25-26)19(29)27(20(18)30)12-7-8-13(21)14(22)9-12/h3-9,17-18H,2,10H2,1H3,(H,23,28)/t17-,18-/m1/s1. The zero-order chi connectivity index (χ0) is 21.4. The van der Waals surface area contributed by atoms with Crippen molar-refractivity contribution < 1.29 is 23.2 Å². The molecule has 8 nitrogen and oxygen atoms in total. The number of rotatable bonds is 5. The first kappa shape index (κ1) is 19.6. The molecule has 0 saturated carbocycles. The largest absolute Gasteiger partial charge is 0.324 e. The molecule has 3 amide bonds. The van der Waals surface area contributed by atoms with Gasteiger partial charge in [-0.1, -0.05) is 30.3 Å². The Bertz CT molecular complexity index is 1070. The number of nitrogens with zero attached hydrogens (tertiary/aromatic N) is 4. The molecule has 154 valence electrons. The van der Waals surface area contributed by atoms with Crippen LogP contribution >= 0.6 is 0 Å². The number of nitrogens with one attached hydrogen (secondary N) is 1. The van der Waals surface area contributed by atoms with Crippen molar-refractivity contribution in [3.05, 3.63) is 59.7 Å². The molecule has 2 aliphatic rings. The van der Waals surface area contributed by atoms with E-state index in [4.69, 9.17) is 0 Å². The van der Waals surface area contributed by atoms with Crippen LogP contribution in [0.3, 0.4) is 0 Å². The number of para-hydroxylation sites is 1. The molecule has 0 aromatic heterocycles. The molecule has 0 unspecified atom stereocenters. The van der Waals surface area contributed by atoms with Crippen LogP contribution in [-0.2, 0) is 20.8 Å². The highest BCUT2D eigenvalue weighted by molar-refractivity contribution is 6.25. The van der Waals surface area contributed by atoms with Gasteiger partial charge in [0.15, 0.2) is 23.7 Å². The molecule has 30 heavy (non-hydrogen) atoms. The van der Waals surface area contributed by atoms with Crippen molar-refractivity contribution in [3.63, 3.8) is 0 Å². The average molecular weight is 413 g/mol. The van der Waals surface area contributed by atoms with Crippen LogP contribution in [0.4, 0.5) is 20.2 Å². The monoisotopic (exact) mass is 413 g/mol. The van der Waals surface area contributed by atoms with Gasteiger partial charge in [-0.15, -0.1) is 0 Å². The number of anilines is 2. The molecule has 2 heterocycles. The lowest BCUT2D eigenvalue weighted by molar-refractivity contribution is -0.123. The van der Waals surface area contributed by atoms with Gasteiger partial charge in [-0.3, -0.25) is 19.4 Å². The highest BCUT2D eigenvalue weighted by Crippen LogP contribution is 2.32. The van der Waals surface area contributed by atoms with Gasteiger partial charge in [0.25, 0.3) is 11.8 Å². The maximum atomic E-state index is 13.6. The van der Waals surface area contributed by atoms with Crippen LogP contribution in [0, 0.1) is 11.6 Å². The van der Waals surface area contributed by atoms with E-state index in [1.54, 1.807) is 12.1 Å². The second kappa shape index (κ2) is 7.62. The fraction of sp³-hybridized carbons (Fsp3) is 0.250. The van der Waals surface area contributed by atoms with E-state index in [2.05, 4.69) is 15.7 Å². The van der Waals surface area contributed by atoms with Crippen LogP contribution < -0.4 is 10.2 Å². The topological polar surface area (TPSA) is 94.4 Å². The molecule has 2 aromatic rings. The van der Waals surface area contributed by atoms with Gasteiger partial charge < -0.3 is 5.32 Å². The van der Waals surface area contributed by atoms with Crippen LogP contribution in [0.25, 0.3) is 0 Å². The van der Waals surface area contributed by atoms with Crippen molar-refractivity contribution >= 4 is 29.1 Å². The molecule has 0 aliphatic carbocycles. The SMILES string of the molecule is CCc1ccccc1NC(=O)CN1N=N[C@H]2C(=O)N(c3ccc(F)c(F)c3)C(=O)[C@@H]21. The van der Waals surface area contributed by atoms with Crippen molar-refractivity contribution in [1.29, 1.82) is 0 Å². The van der Waals surface area contributed by atoms with E-state index in [1.807, 2.05) is 19.1 Å². The summed E-state index contributed by atoms with van der Waals surface area (Å²) in [7, 11) is 0. The Kier molecular flexibility index (Phi) is 4.98. The number of benzene rings is 2. The van der Waals surface area contributed by atoms with Crippen molar-refractivity contribution in [2.75, 3.05) is 16.8 Å². The molecule has 1 N–H and O–H groups in total. The first-order chi connectivity index (χ1) is 14.4. The summed E-state index contributed by atoms with van der Waals surface area (Å²) in [6, 6.07) is 7.78. The van der Waals surface area contributed by atoms with E-state index in [9.17, 15) is 23.2 Å². The van der Waals surface area contributed by atoms with Crippen molar-refractivity contribution in [3.8, 4) is 0 Å². The molecule has 0 bridgehead atoms. The Morgan fingerprint density at radius 1 is 1.10 bits per heavy atom. The maximum Gasteiger partial charge on any atom is 0.263 e. The summed E-state index contributed by atoms with van der Waals surface area (Å²) in [5.41, 5.74) is 1.49. The predicted molar refractivity (Wildman–Crippen MR) is 102 cm³/mol. The summed E-state index contributed by atoms with van der Waals surface area (Å²) in [6.45, 7) is 1.66. The maximum absolute atomic E-state index is 13.6. The minimum Gasteiger partial charge on any atom is -0.324 e. The van der Waals surface area contributed by atoms with Crippen LogP contribution in [-0.4, -0.2) is 41.4 Å². The third-order valence-electron chi connectivity index (χ3n) is 5.00. The number of carbonyl (C=O) groups excluding carboxylic acids is 3. The molecule has 0 spiro atoms. The van der Waals surface area contributed by atoms with E-state index < -0.39 is 41.4 Å². The van der Waals surface area contributed by atoms with E-state index in [0.29, 0.717) is 5.69 Å². The van der Waals surface area contributed by atoms with Crippen molar-refractivity contribution in [2.45, 2.75) is 25.4 Å². The summed E-state index contributed by atoms with van der Waals surface area (Å²) in [5.74, 6) is -4.12. The normalized spacial score (nSPS) is 20.1. The zero-order valence-corrected chi connectivity index (χ0v) is 15.9. The highest BCUT2D eigenvalue weighted by atomic mass is 19.2. The van der Waals surface area contributed by atoms with Crippen LogP contribution in [0.1, 0.15) is 12.5 Å². The molecule has 4 rings (SSSR count). The lowest BCUT2D eigenvalue weighted by Gasteiger charge is -2.20. The molecule has 2 aliphatic heterocycles. The molecule has 10 heteroatoms. The second-order valence-corrected chi connectivity index (χ2v) is 6.86. The fourth-order valence-electron chi connectivity index (χ4n) is 3.52. The van der Waals surface area contributed by atoms with Gasteiger partial charge in [0, 0.05) is 11.8 Å². The predicted octanol–water partition coefficient (Wildman–Crippen LogP) is 2.46. The van der Waals surface area contributed by atoms with Gasteiger partial charge in [0.05, 0.1) is 5.69 Å². The molecular formula is C20H17F2N5O3. The fourth-order valence-corrected chi connectivity index (χ4v) is 3.52. The first-order valence-corrected chi connectivity index (χ1v) is 9.28. The number of aryl methyl sites for hydroxylation is 1. The average Bonchev–Trinajstić information content (AvgIpc) is 3.24. The lowest BCUT2D eigenvalue weighted by Crippen LogP contribution is -2.43. The van der Waals surface area contributed by atoms with E-state index >= 15 is 0 Å². The number of imide groups is 1. The quantitative estimate of drug-likeness (QED) is 0.762.